The minimum atomic E-state index is -0.478. The van der Waals surface area contributed by atoms with Gasteiger partial charge < -0.3 is 0 Å². The molecule has 2 aliphatic carbocycles. The van der Waals surface area contributed by atoms with Crippen LogP contribution in [0.4, 0.5) is 0 Å². The van der Waals surface area contributed by atoms with Crippen LogP contribution in [-0.2, 0) is 9.59 Å². The maximum Gasteiger partial charge on any atom is 0.185 e. The third-order valence-corrected chi connectivity index (χ3v) is 10.5. The second kappa shape index (κ2) is 8.00. The van der Waals surface area contributed by atoms with Crippen LogP contribution in [-0.4, -0.2) is 25.1 Å². The Labute approximate surface area is 222 Å². The molecule has 0 radical (unpaired) electrons. The van der Waals surface area contributed by atoms with Crippen molar-refractivity contribution in [1.29, 1.82) is 0 Å². The fourth-order valence-corrected chi connectivity index (χ4v) is 9.42. The number of hydrogen-bond donors (Lipinski definition) is 0. The summed E-state index contributed by atoms with van der Waals surface area (Å²) in [5, 5.41) is 0. The van der Waals surface area contributed by atoms with Gasteiger partial charge in [0.2, 0.25) is 0 Å². The Morgan fingerprint density at radius 2 is 0.686 bits per heavy atom. The van der Waals surface area contributed by atoms with E-state index in [-0.39, 0.29) is 37.3 Å². The molecule has 0 atom stereocenters. The van der Waals surface area contributed by atoms with Crippen LogP contribution in [0.3, 0.4) is 0 Å². The van der Waals surface area contributed by atoms with Crippen LogP contribution in [0.5, 0.6) is 0 Å². The van der Waals surface area contributed by atoms with Gasteiger partial charge in [0.1, 0.15) is 0 Å². The van der Waals surface area contributed by atoms with E-state index in [4.69, 9.17) is 0 Å². The first-order valence-corrected chi connectivity index (χ1v) is 14.4. The van der Waals surface area contributed by atoms with Gasteiger partial charge in [0.25, 0.3) is 0 Å². The van der Waals surface area contributed by atoms with Gasteiger partial charge in [-0.3, -0.25) is 9.59 Å². The molecule has 3 rings (SSSR count). The molecule has 2 spiro atoms. The van der Waals surface area contributed by atoms with Gasteiger partial charge in [-0.1, -0.05) is 107 Å². The van der Waals surface area contributed by atoms with Crippen molar-refractivity contribution in [2.45, 2.75) is 111 Å². The summed E-state index contributed by atoms with van der Waals surface area (Å²) >= 11 is 3.84. The highest BCUT2D eigenvalue weighted by Crippen LogP contribution is 2.70. The van der Waals surface area contributed by atoms with E-state index in [1.165, 1.54) is 0 Å². The topological polar surface area (TPSA) is 34.1 Å². The number of Topliss-reactive ketones (excluding diaryl/α,β-unsaturated/α-hetero) is 2. The minimum Gasteiger partial charge on any atom is -0.289 e. The maximum absolute atomic E-state index is 13.9. The quantitative estimate of drug-likeness (QED) is 0.324. The molecule has 0 N–H and O–H groups in total. The van der Waals surface area contributed by atoms with E-state index in [0.29, 0.717) is 0 Å². The van der Waals surface area contributed by atoms with E-state index < -0.39 is 9.49 Å². The van der Waals surface area contributed by atoms with Crippen LogP contribution in [0.25, 0.3) is 0 Å². The van der Waals surface area contributed by atoms with E-state index >= 15 is 0 Å². The fourth-order valence-electron chi connectivity index (χ4n) is 5.28. The number of rotatable bonds is 0. The first-order valence-electron chi connectivity index (χ1n) is 12.8. The molecule has 1 saturated heterocycles. The van der Waals surface area contributed by atoms with Crippen LogP contribution < -0.4 is 0 Å². The first-order chi connectivity index (χ1) is 15.4. The molecule has 35 heavy (non-hydrogen) atoms. The zero-order valence-electron chi connectivity index (χ0n) is 24.4. The lowest BCUT2D eigenvalue weighted by atomic mass is 9.65. The van der Waals surface area contributed by atoms with Gasteiger partial charge in [0.05, 0.1) is 13.6 Å². The standard InChI is InChI=1S/C31H46O2S2/c1-25(2,3)19-15-30(16-20(23(19)32)26(4,5)6)31(35-29(13,14)34-30)17-21(27(7,8)9)24(33)22(18-31)28(10,11)12/h15-18H,1-14H3. The number of thioether (sulfide) groups is 2. The number of carbonyl (C=O) groups excluding carboxylic acids is 2. The van der Waals surface area contributed by atoms with Crippen LogP contribution in [0.2, 0.25) is 0 Å². The number of ketones is 2. The van der Waals surface area contributed by atoms with E-state index in [2.05, 4.69) is 121 Å². The van der Waals surface area contributed by atoms with Crippen molar-refractivity contribution in [3.05, 3.63) is 46.6 Å². The summed E-state index contributed by atoms with van der Waals surface area (Å²) < 4.78 is -1.07. The zero-order valence-corrected chi connectivity index (χ0v) is 26.1. The van der Waals surface area contributed by atoms with Crippen LogP contribution >= 0.6 is 23.5 Å². The zero-order chi connectivity index (χ0) is 27.2. The van der Waals surface area contributed by atoms with Crippen LogP contribution in [0.1, 0.15) is 96.9 Å². The molecule has 194 valence electrons. The van der Waals surface area contributed by atoms with Crippen LogP contribution in [0, 0.1) is 21.7 Å². The molecule has 0 bridgehead atoms. The third-order valence-electron chi connectivity index (χ3n) is 7.09. The summed E-state index contributed by atoms with van der Waals surface area (Å²) in [7, 11) is 0. The van der Waals surface area contributed by atoms with Crippen molar-refractivity contribution in [1.82, 2.24) is 0 Å². The van der Waals surface area contributed by atoms with Crippen molar-refractivity contribution in [2.24, 2.45) is 21.7 Å². The monoisotopic (exact) mass is 514 g/mol. The number of carbonyl (C=O) groups is 2. The average molecular weight is 515 g/mol. The Bertz CT molecular complexity index is 927. The van der Waals surface area contributed by atoms with E-state index in [0.717, 1.165) is 22.3 Å². The normalized spacial score (nSPS) is 24.4. The number of hydrogen-bond acceptors (Lipinski definition) is 4. The molecule has 0 aromatic rings. The molecule has 2 nitrogen and oxygen atoms in total. The van der Waals surface area contributed by atoms with Gasteiger partial charge in [-0.2, -0.15) is 0 Å². The molecule has 0 aromatic heterocycles. The maximum atomic E-state index is 13.9. The summed E-state index contributed by atoms with van der Waals surface area (Å²) in [5.74, 6) is 0.320. The lowest BCUT2D eigenvalue weighted by molar-refractivity contribution is -0.115. The Balaban J connectivity index is 2.51. The largest absolute Gasteiger partial charge is 0.289 e. The molecule has 1 aliphatic heterocycles. The van der Waals surface area contributed by atoms with Gasteiger partial charge in [0.15, 0.2) is 11.6 Å². The van der Waals surface area contributed by atoms with Gasteiger partial charge in [-0.15, -0.1) is 23.5 Å². The van der Waals surface area contributed by atoms with Crippen molar-refractivity contribution in [3.8, 4) is 0 Å². The van der Waals surface area contributed by atoms with Crippen molar-refractivity contribution in [2.75, 3.05) is 0 Å². The highest BCUT2D eigenvalue weighted by Gasteiger charge is 2.62. The molecule has 0 unspecified atom stereocenters. The molecule has 1 fully saturated rings. The van der Waals surface area contributed by atoms with Gasteiger partial charge in [-0.25, -0.2) is 0 Å². The summed E-state index contributed by atoms with van der Waals surface area (Å²) in [6.45, 7) is 30.2. The van der Waals surface area contributed by atoms with E-state index in [1.807, 2.05) is 23.5 Å². The lowest BCUT2D eigenvalue weighted by Gasteiger charge is -2.46. The molecular weight excluding hydrogens is 468 g/mol. The average Bonchev–Trinajstić information content (AvgIpc) is 2.80. The summed E-state index contributed by atoms with van der Waals surface area (Å²) in [4.78, 5) is 27.7. The first kappa shape index (κ1) is 28.6. The summed E-state index contributed by atoms with van der Waals surface area (Å²) in [6, 6.07) is 0. The van der Waals surface area contributed by atoms with Crippen molar-refractivity contribution < 1.29 is 9.59 Å². The SMILES string of the molecule is CC1(C)SC2(C=C(C(C)(C)C)C(=O)C(C(C)(C)C)=C2)C2(C=C(C(C)(C)C)C(=O)C(C(C)(C)C)=C2)S1. The molecule has 1 heterocycles. The molecule has 0 aromatic carbocycles. The molecule has 4 heteroatoms. The fraction of sp³-hybridized carbons (Fsp3) is 0.677. The molecule has 0 saturated carbocycles. The Hall–Kier alpha value is -1.00. The third kappa shape index (κ3) is 4.96. The lowest BCUT2D eigenvalue weighted by Crippen LogP contribution is -2.48. The number of fused-ring (bicyclic) bond motifs is 1. The second-order valence-electron chi connectivity index (χ2n) is 15.1. The summed E-state index contributed by atoms with van der Waals surface area (Å²) in [5.41, 5.74) is 2.37. The smallest absolute Gasteiger partial charge is 0.185 e. The second-order valence-corrected chi connectivity index (χ2v) is 19.1. The molecular formula is C31H46O2S2. The van der Waals surface area contributed by atoms with Crippen molar-refractivity contribution in [3.63, 3.8) is 0 Å². The Morgan fingerprint density at radius 3 is 0.857 bits per heavy atom. The number of allylic oxidation sites excluding steroid dienone is 4. The summed E-state index contributed by atoms with van der Waals surface area (Å²) in [6.07, 6.45) is 9.06. The van der Waals surface area contributed by atoms with Gasteiger partial charge >= 0.3 is 0 Å². The predicted octanol–water partition coefficient (Wildman–Crippen LogP) is 8.74. The Morgan fingerprint density at radius 1 is 0.486 bits per heavy atom. The highest BCUT2D eigenvalue weighted by atomic mass is 32.2. The molecule has 3 aliphatic rings. The van der Waals surface area contributed by atoms with Crippen molar-refractivity contribution >= 4 is 35.1 Å². The van der Waals surface area contributed by atoms with Gasteiger partial charge in [-0.05, 0) is 35.5 Å². The minimum absolute atomic E-state index is 0.112. The Kier molecular flexibility index (Phi) is 6.53. The van der Waals surface area contributed by atoms with Gasteiger partial charge in [0, 0.05) is 22.3 Å². The van der Waals surface area contributed by atoms with E-state index in [1.54, 1.807) is 0 Å². The predicted molar refractivity (Wildman–Crippen MR) is 155 cm³/mol. The van der Waals surface area contributed by atoms with E-state index in [9.17, 15) is 9.59 Å². The molecule has 0 amide bonds. The van der Waals surface area contributed by atoms with Crippen LogP contribution in [0.15, 0.2) is 46.6 Å². The highest BCUT2D eigenvalue weighted by molar-refractivity contribution is 8.23.